The Morgan fingerprint density at radius 2 is 2.18 bits per heavy atom. The predicted octanol–water partition coefficient (Wildman–Crippen LogP) is 2.22. The average Bonchev–Trinajstić information content (AvgIpc) is 2.28. The Kier molecular flexibility index (Phi) is 5.46. The minimum absolute atomic E-state index is 0.151. The third-order valence-electron chi connectivity index (χ3n) is 2.50. The topological polar surface area (TPSA) is 68.0 Å². The Bertz CT molecular complexity index is 363. The molecular formula is C13H21N3O. The maximum Gasteiger partial charge on any atom is 0.269 e. The number of anilines is 1. The number of nitrogens with two attached hydrogens (primary N) is 1. The van der Waals surface area contributed by atoms with Crippen molar-refractivity contribution in [3.8, 4) is 0 Å². The number of carbonyl (C=O) groups is 1. The molecule has 94 valence electrons. The first-order valence-corrected chi connectivity index (χ1v) is 6.10. The van der Waals surface area contributed by atoms with Gasteiger partial charge in [0.25, 0.3) is 5.91 Å². The zero-order chi connectivity index (χ0) is 12.7. The van der Waals surface area contributed by atoms with Gasteiger partial charge in [0, 0.05) is 6.54 Å². The van der Waals surface area contributed by atoms with E-state index in [-0.39, 0.29) is 5.91 Å². The van der Waals surface area contributed by atoms with Crippen LogP contribution in [-0.2, 0) is 0 Å². The number of hydrogen-bond acceptors (Lipinski definition) is 3. The fraction of sp³-hybridized carbons (Fsp3) is 0.538. The first-order valence-electron chi connectivity index (χ1n) is 6.10. The number of carbonyl (C=O) groups excluding carboxylic acids is 1. The molecule has 0 aliphatic rings. The average molecular weight is 235 g/mol. The summed E-state index contributed by atoms with van der Waals surface area (Å²) in [5.74, 6) is 0.945. The monoisotopic (exact) mass is 235 g/mol. The Balaban J connectivity index is 2.26. The third-order valence-corrected chi connectivity index (χ3v) is 2.50. The minimum Gasteiger partial charge on any atom is -0.384 e. The lowest BCUT2D eigenvalue weighted by Crippen LogP contribution is -2.25. The molecule has 0 atom stereocenters. The van der Waals surface area contributed by atoms with E-state index < -0.39 is 0 Å². The van der Waals surface area contributed by atoms with E-state index >= 15 is 0 Å². The lowest BCUT2D eigenvalue weighted by atomic mass is 10.1. The van der Waals surface area contributed by atoms with Crippen molar-refractivity contribution in [1.82, 2.24) is 10.3 Å². The highest BCUT2D eigenvalue weighted by Crippen LogP contribution is 2.05. The summed E-state index contributed by atoms with van der Waals surface area (Å²) in [4.78, 5) is 15.6. The van der Waals surface area contributed by atoms with Gasteiger partial charge in [0.05, 0.1) is 0 Å². The molecule has 4 heteroatoms. The van der Waals surface area contributed by atoms with Gasteiger partial charge in [-0.05, 0) is 24.5 Å². The van der Waals surface area contributed by atoms with Gasteiger partial charge in [-0.3, -0.25) is 4.79 Å². The van der Waals surface area contributed by atoms with E-state index in [1.165, 1.54) is 6.42 Å². The van der Waals surface area contributed by atoms with Crippen molar-refractivity contribution in [2.75, 3.05) is 12.3 Å². The van der Waals surface area contributed by atoms with Crippen LogP contribution in [0.2, 0.25) is 0 Å². The fourth-order valence-corrected chi connectivity index (χ4v) is 1.55. The second-order valence-corrected chi connectivity index (χ2v) is 4.59. The third kappa shape index (κ3) is 5.33. The number of pyridine rings is 1. The fourth-order valence-electron chi connectivity index (χ4n) is 1.55. The summed E-state index contributed by atoms with van der Waals surface area (Å²) in [6, 6.07) is 5.06. The second-order valence-electron chi connectivity index (χ2n) is 4.59. The standard InChI is InChI=1S/C13H21N3O/c1-10(2)6-3-4-9-15-13(17)11-7-5-8-12(14)16-11/h5,7-8,10H,3-4,6,9H2,1-2H3,(H2,14,16)(H,15,17). The van der Waals surface area contributed by atoms with Crippen LogP contribution in [0.4, 0.5) is 5.82 Å². The van der Waals surface area contributed by atoms with Crippen molar-refractivity contribution in [3.05, 3.63) is 23.9 Å². The molecule has 0 radical (unpaired) electrons. The largest absolute Gasteiger partial charge is 0.384 e. The maximum atomic E-state index is 11.7. The Hall–Kier alpha value is -1.58. The normalized spacial score (nSPS) is 10.5. The van der Waals surface area contributed by atoms with Crippen molar-refractivity contribution < 1.29 is 4.79 Å². The van der Waals surface area contributed by atoms with Gasteiger partial charge in [-0.2, -0.15) is 0 Å². The van der Waals surface area contributed by atoms with Crippen LogP contribution in [0, 0.1) is 5.92 Å². The lowest BCUT2D eigenvalue weighted by molar-refractivity contribution is 0.0948. The number of nitrogens with zero attached hydrogens (tertiary/aromatic N) is 1. The minimum atomic E-state index is -0.151. The van der Waals surface area contributed by atoms with Crippen molar-refractivity contribution >= 4 is 11.7 Å². The Morgan fingerprint density at radius 1 is 1.41 bits per heavy atom. The van der Waals surface area contributed by atoms with E-state index in [0.29, 0.717) is 18.1 Å². The quantitative estimate of drug-likeness (QED) is 0.743. The van der Waals surface area contributed by atoms with Crippen LogP contribution >= 0.6 is 0 Å². The zero-order valence-electron chi connectivity index (χ0n) is 10.6. The van der Waals surface area contributed by atoms with Gasteiger partial charge < -0.3 is 11.1 Å². The van der Waals surface area contributed by atoms with Crippen molar-refractivity contribution in [1.29, 1.82) is 0 Å². The molecule has 3 N–H and O–H groups in total. The van der Waals surface area contributed by atoms with Gasteiger partial charge in [-0.1, -0.05) is 32.8 Å². The van der Waals surface area contributed by atoms with E-state index in [9.17, 15) is 4.79 Å². The molecule has 1 aromatic heterocycles. The van der Waals surface area contributed by atoms with Crippen LogP contribution in [-0.4, -0.2) is 17.4 Å². The molecule has 0 saturated heterocycles. The van der Waals surface area contributed by atoms with Gasteiger partial charge in [-0.15, -0.1) is 0 Å². The van der Waals surface area contributed by atoms with Gasteiger partial charge >= 0.3 is 0 Å². The molecule has 0 bridgehead atoms. The Labute approximate surface area is 103 Å². The molecule has 0 aliphatic heterocycles. The summed E-state index contributed by atoms with van der Waals surface area (Å²) < 4.78 is 0. The van der Waals surface area contributed by atoms with Gasteiger partial charge in [0.1, 0.15) is 11.5 Å². The number of rotatable bonds is 6. The van der Waals surface area contributed by atoms with E-state index in [1.807, 2.05) is 0 Å². The lowest BCUT2D eigenvalue weighted by Gasteiger charge is -2.06. The van der Waals surface area contributed by atoms with E-state index in [1.54, 1.807) is 18.2 Å². The first-order chi connectivity index (χ1) is 8.09. The molecular weight excluding hydrogens is 214 g/mol. The summed E-state index contributed by atoms with van der Waals surface area (Å²) in [6.45, 7) is 5.10. The number of nitrogen functional groups attached to an aromatic ring is 1. The predicted molar refractivity (Wildman–Crippen MR) is 69.7 cm³/mol. The number of aromatic nitrogens is 1. The van der Waals surface area contributed by atoms with Gasteiger partial charge in [0.2, 0.25) is 0 Å². The molecule has 0 saturated carbocycles. The van der Waals surface area contributed by atoms with E-state index in [4.69, 9.17) is 5.73 Å². The molecule has 1 rings (SSSR count). The summed E-state index contributed by atoms with van der Waals surface area (Å²) in [5, 5.41) is 2.84. The molecule has 17 heavy (non-hydrogen) atoms. The molecule has 1 amide bonds. The van der Waals surface area contributed by atoms with Crippen LogP contribution in [0.3, 0.4) is 0 Å². The number of nitrogens with one attached hydrogen (secondary N) is 1. The highest BCUT2D eigenvalue weighted by atomic mass is 16.1. The van der Waals surface area contributed by atoms with Crippen LogP contribution < -0.4 is 11.1 Å². The number of unbranched alkanes of at least 4 members (excludes halogenated alkanes) is 1. The molecule has 0 spiro atoms. The number of amides is 1. The van der Waals surface area contributed by atoms with Crippen molar-refractivity contribution in [2.24, 2.45) is 5.92 Å². The number of hydrogen-bond donors (Lipinski definition) is 2. The molecule has 0 aliphatic carbocycles. The van der Waals surface area contributed by atoms with Gasteiger partial charge in [0.15, 0.2) is 0 Å². The molecule has 0 fully saturated rings. The highest BCUT2D eigenvalue weighted by Gasteiger charge is 2.05. The van der Waals surface area contributed by atoms with Crippen LogP contribution in [0.1, 0.15) is 43.6 Å². The highest BCUT2D eigenvalue weighted by molar-refractivity contribution is 5.92. The van der Waals surface area contributed by atoms with Crippen LogP contribution in [0.25, 0.3) is 0 Å². The van der Waals surface area contributed by atoms with E-state index in [2.05, 4.69) is 24.1 Å². The summed E-state index contributed by atoms with van der Waals surface area (Å²) >= 11 is 0. The molecule has 0 unspecified atom stereocenters. The zero-order valence-corrected chi connectivity index (χ0v) is 10.6. The molecule has 0 aromatic carbocycles. The smallest absolute Gasteiger partial charge is 0.269 e. The van der Waals surface area contributed by atoms with Crippen LogP contribution in [0.5, 0.6) is 0 Å². The summed E-state index contributed by atoms with van der Waals surface area (Å²) in [6.07, 6.45) is 3.35. The molecule has 1 heterocycles. The molecule has 1 aromatic rings. The first kappa shape index (κ1) is 13.5. The van der Waals surface area contributed by atoms with E-state index in [0.717, 1.165) is 18.8 Å². The van der Waals surface area contributed by atoms with Crippen molar-refractivity contribution in [3.63, 3.8) is 0 Å². The Morgan fingerprint density at radius 3 is 2.82 bits per heavy atom. The molecule has 4 nitrogen and oxygen atoms in total. The maximum absolute atomic E-state index is 11.7. The van der Waals surface area contributed by atoms with Crippen molar-refractivity contribution in [2.45, 2.75) is 33.1 Å². The van der Waals surface area contributed by atoms with Crippen LogP contribution in [0.15, 0.2) is 18.2 Å². The summed E-state index contributed by atoms with van der Waals surface area (Å²) in [7, 11) is 0. The summed E-state index contributed by atoms with van der Waals surface area (Å²) in [5.41, 5.74) is 5.90. The SMILES string of the molecule is CC(C)CCCCNC(=O)c1cccc(N)n1. The second kappa shape index (κ2) is 6.89. The van der Waals surface area contributed by atoms with Gasteiger partial charge in [-0.25, -0.2) is 4.98 Å².